The van der Waals surface area contributed by atoms with Gasteiger partial charge in [-0.2, -0.15) is 0 Å². The Morgan fingerprint density at radius 2 is 1.25 bits per heavy atom. The van der Waals surface area contributed by atoms with Crippen LogP contribution in [-0.2, 0) is 0 Å². The molecule has 4 heteroatoms. The number of carboxylic acids is 2. The molecule has 3 aromatic rings. The van der Waals surface area contributed by atoms with Gasteiger partial charge in [0, 0.05) is 0 Å². The summed E-state index contributed by atoms with van der Waals surface area (Å²) in [6.07, 6.45) is 0. The first-order chi connectivity index (χ1) is 11.6. The highest BCUT2D eigenvalue weighted by Crippen LogP contribution is 2.34. The first kappa shape index (κ1) is 15.5. The summed E-state index contributed by atoms with van der Waals surface area (Å²) in [6.45, 7) is 0. The number of carboxylic acid groups (broad SMARTS) is 2. The number of benzene rings is 3. The monoisotopic (exact) mass is 318 g/mol. The van der Waals surface area contributed by atoms with E-state index < -0.39 is 11.9 Å². The van der Waals surface area contributed by atoms with E-state index in [2.05, 4.69) is 0 Å². The molecule has 0 aliphatic heterocycles. The summed E-state index contributed by atoms with van der Waals surface area (Å²) in [5.74, 6) is -2.19. The maximum absolute atomic E-state index is 11.6. The van der Waals surface area contributed by atoms with E-state index in [1.165, 1.54) is 18.2 Å². The lowest BCUT2D eigenvalue weighted by Crippen LogP contribution is -2.04. The van der Waals surface area contributed by atoms with Crippen LogP contribution in [0.15, 0.2) is 72.8 Å². The molecule has 0 bridgehead atoms. The van der Waals surface area contributed by atoms with Gasteiger partial charge in [-0.1, -0.05) is 54.6 Å². The molecule has 4 nitrogen and oxygen atoms in total. The summed E-state index contributed by atoms with van der Waals surface area (Å²) >= 11 is 0. The van der Waals surface area contributed by atoms with Crippen molar-refractivity contribution in [2.45, 2.75) is 0 Å². The molecule has 0 amide bonds. The molecular weight excluding hydrogens is 304 g/mol. The minimum Gasteiger partial charge on any atom is -0.478 e. The van der Waals surface area contributed by atoms with Gasteiger partial charge in [0.1, 0.15) is 0 Å². The molecule has 0 radical (unpaired) electrons. The maximum atomic E-state index is 11.6. The molecule has 0 aliphatic carbocycles. The minimum atomic E-state index is -1.09. The number of hydrogen-bond donors (Lipinski definition) is 2. The molecule has 3 aromatic carbocycles. The second-order valence-corrected chi connectivity index (χ2v) is 5.28. The van der Waals surface area contributed by atoms with E-state index in [0.29, 0.717) is 11.1 Å². The van der Waals surface area contributed by atoms with Gasteiger partial charge in [0.25, 0.3) is 0 Å². The smallest absolute Gasteiger partial charge is 0.336 e. The highest BCUT2D eigenvalue weighted by molar-refractivity contribution is 6.01. The van der Waals surface area contributed by atoms with Gasteiger partial charge in [-0.15, -0.1) is 0 Å². The molecule has 0 atom stereocenters. The van der Waals surface area contributed by atoms with Crippen molar-refractivity contribution in [2.75, 3.05) is 0 Å². The summed E-state index contributed by atoms with van der Waals surface area (Å²) < 4.78 is 0. The van der Waals surface area contributed by atoms with E-state index in [1.807, 2.05) is 42.5 Å². The van der Waals surface area contributed by atoms with Crippen LogP contribution in [0.25, 0.3) is 22.3 Å². The van der Waals surface area contributed by atoms with Gasteiger partial charge in [-0.25, -0.2) is 9.59 Å². The fraction of sp³-hybridized carbons (Fsp3) is 0. The van der Waals surface area contributed by atoms with Gasteiger partial charge >= 0.3 is 11.9 Å². The Labute approximate surface area is 138 Å². The predicted molar refractivity (Wildman–Crippen MR) is 91.2 cm³/mol. The van der Waals surface area contributed by atoms with Crippen LogP contribution in [0.4, 0.5) is 0 Å². The van der Waals surface area contributed by atoms with E-state index in [1.54, 1.807) is 12.1 Å². The lowest BCUT2D eigenvalue weighted by Gasteiger charge is -2.13. The zero-order valence-corrected chi connectivity index (χ0v) is 12.6. The van der Waals surface area contributed by atoms with Gasteiger partial charge in [0.15, 0.2) is 0 Å². The minimum absolute atomic E-state index is 0.0536. The first-order valence-electron chi connectivity index (χ1n) is 7.33. The molecule has 0 heterocycles. The van der Waals surface area contributed by atoms with Crippen molar-refractivity contribution in [2.24, 2.45) is 0 Å². The van der Waals surface area contributed by atoms with Gasteiger partial charge in [-0.05, 0) is 40.5 Å². The zero-order valence-electron chi connectivity index (χ0n) is 12.6. The molecule has 24 heavy (non-hydrogen) atoms. The fourth-order valence-corrected chi connectivity index (χ4v) is 2.67. The third-order valence-corrected chi connectivity index (χ3v) is 3.80. The molecule has 0 aliphatic rings. The van der Waals surface area contributed by atoms with Crippen molar-refractivity contribution in [3.63, 3.8) is 0 Å². The van der Waals surface area contributed by atoms with E-state index in [4.69, 9.17) is 0 Å². The van der Waals surface area contributed by atoms with Crippen LogP contribution in [-0.4, -0.2) is 22.2 Å². The molecule has 0 aromatic heterocycles. The number of aromatic carboxylic acids is 2. The SMILES string of the molecule is O=C(O)c1ccc(C(=O)O)c(-c2ccccc2-c2ccccc2)c1. The average Bonchev–Trinajstić information content (AvgIpc) is 2.62. The summed E-state index contributed by atoms with van der Waals surface area (Å²) in [6, 6.07) is 21.0. The van der Waals surface area contributed by atoms with E-state index >= 15 is 0 Å². The summed E-state index contributed by atoms with van der Waals surface area (Å²) in [5, 5.41) is 18.7. The third-order valence-electron chi connectivity index (χ3n) is 3.80. The van der Waals surface area contributed by atoms with E-state index in [9.17, 15) is 19.8 Å². The topological polar surface area (TPSA) is 74.6 Å². The van der Waals surface area contributed by atoms with Gasteiger partial charge < -0.3 is 10.2 Å². The van der Waals surface area contributed by atoms with E-state index in [-0.39, 0.29) is 11.1 Å². The van der Waals surface area contributed by atoms with Gasteiger partial charge in [-0.3, -0.25) is 0 Å². The molecule has 0 saturated carbocycles. The quantitative estimate of drug-likeness (QED) is 0.747. The van der Waals surface area contributed by atoms with Crippen LogP contribution < -0.4 is 0 Å². The van der Waals surface area contributed by atoms with Crippen molar-refractivity contribution >= 4 is 11.9 Å². The fourth-order valence-electron chi connectivity index (χ4n) is 2.67. The average molecular weight is 318 g/mol. The lowest BCUT2D eigenvalue weighted by atomic mass is 9.90. The molecule has 0 saturated heterocycles. The summed E-state index contributed by atoms with van der Waals surface area (Å²) in [7, 11) is 0. The Kier molecular flexibility index (Phi) is 4.12. The zero-order chi connectivity index (χ0) is 17.1. The van der Waals surface area contributed by atoms with Crippen LogP contribution >= 0.6 is 0 Å². The predicted octanol–water partition coefficient (Wildman–Crippen LogP) is 4.42. The second-order valence-electron chi connectivity index (χ2n) is 5.28. The highest BCUT2D eigenvalue weighted by atomic mass is 16.4. The third kappa shape index (κ3) is 2.90. The molecule has 0 unspecified atom stereocenters. The second kappa shape index (κ2) is 6.38. The van der Waals surface area contributed by atoms with Crippen molar-refractivity contribution in [1.29, 1.82) is 0 Å². The van der Waals surface area contributed by atoms with Crippen LogP contribution in [0, 0.1) is 0 Å². The van der Waals surface area contributed by atoms with Gasteiger partial charge in [0.05, 0.1) is 11.1 Å². The Morgan fingerprint density at radius 1 is 0.625 bits per heavy atom. The summed E-state index contributed by atoms with van der Waals surface area (Å²) in [4.78, 5) is 22.8. The molecule has 3 rings (SSSR count). The molecular formula is C20H14O4. The molecule has 0 spiro atoms. The van der Waals surface area contributed by atoms with Crippen LogP contribution in [0.3, 0.4) is 0 Å². The van der Waals surface area contributed by atoms with Crippen molar-refractivity contribution in [3.05, 3.63) is 83.9 Å². The van der Waals surface area contributed by atoms with Gasteiger partial charge in [0.2, 0.25) is 0 Å². The normalized spacial score (nSPS) is 10.3. The van der Waals surface area contributed by atoms with Crippen LogP contribution in [0.2, 0.25) is 0 Å². The van der Waals surface area contributed by atoms with Crippen molar-refractivity contribution in [1.82, 2.24) is 0 Å². The molecule has 118 valence electrons. The number of hydrogen-bond acceptors (Lipinski definition) is 2. The number of carbonyl (C=O) groups is 2. The van der Waals surface area contributed by atoms with Crippen LogP contribution in [0.1, 0.15) is 20.7 Å². The Morgan fingerprint density at radius 3 is 1.88 bits per heavy atom. The molecule has 2 N–H and O–H groups in total. The lowest BCUT2D eigenvalue weighted by molar-refractivity contribution is 0.0682. The number of rotatable bonds is 4. The van der Waals surface area contributed by atoms with Crippen molar-refractivity contribution < 1.29 is 19.8 Å². The largest absolute Gasteiger partial charge is 0.478 e. The van der Waals surface area contributed by atoms with Crippen molar-refractivity contribution in [3.8, 4) is 22.3 Å². The summed E-state index contributed by atoms with van der Waals surface area (Å²) in [5.41, 5.74) is 2.99. The van der Waals surface area contributed by atoms with E-state index in [0.717, 1.165) is 11.1 Å². The molecule has 0 fully saturated rings. The van der Waals surface area contributed by atoms with Crippen LogP contribution in [0.5, 0.6) is 0 Å². The Balaban J connectivity index is 2.28. The highest BCUT2D eigenvalue weighted by Gasteiger charge is 2.17. The standard InChI is InChI=1S/C20H14O4/c21-19(22)14-10-11-17(20(23)24)18(12-14)16-9-5-4-8-15(16)13-6-2-1-3-7-13/h1-12H,(H,21,22)(H,23,24). The Bertz CT molecular complexity index is 914. The first-order valence-corrected chi connectivity index (χ1v) is 7.33. The Hall–Kier alpha value is -3.40. The maximum Gasteiger partial charge on any atom is 0.336 e.